The average Bonchev–Trinajstić information content (AvgIpc) is 2.66. The average molecular weight is 200 g/mol. The van der Waals surface area contributed by atoms with Crippen molar-refractivity contribution in [1.82, 2.24) is 9.97 Å². The molecule has 0 spiro atoms. The van der Waals surface area contributed by atoms with E-state index in [0.29, 0.717) is 5.71 Å². The number of hydrogen-bond donors (Lipinski definition) is 0. The van der Waals surface area contributed by atoms with Gasteiger partial charge in [0.15, 0.2) is 0 Å². The topological polar surface area (TPSA) is 48.2 Å². The summed E-state index contributed by atoms with van der Waals surface area (Å²) in [6.45, 7) is 0. The zero-order valence-electron chi connectivity index (χ0n) is 8.10. The quantitative estimate of drug-likeness (QED) is 0.605. The van der Waals surface area contributed by atoms with E-state index in [4.69, 9.17) is 9.15 Å². The maximum atomic E-state index is 5.56. The Kier molecular flexibility index (Phi) is 1.62. The summed E-state index contributed by atoms with van der Waals surface area (Å²) in [5.41, 5.74) is 1.37. The van der Waals surface area contributed by atoms with Crippen molar-refractivity contribution in [2.24, 2.45) is 0 Å². The number of fused-ring (bicyclic) bond motifs is 3. The van der Waals surface area contributed by atoms with Crippen LogP contribution in [0, 0.1) is 0 Å². The van der Waals surface area contributed by atoms with Gasteiger partial charge in [-0.05, 0) is 12.1 Å². The van der Waals surface area contributed by atoms with E-state index in [1.165, 1.54) is 6.33 Å². The fraction of sp³-hybridized carbons (Fsp3) is 0.0909. The van der Waals surface area contributed by atoms with E-state index >= 15 is 0 Å². The third-order valence-electron chi connectivity index (χ3n) is 2.36. The predicted molar refractivity (Wildman–Crippen MR) is 55.9 cm³/mol. The van der Waals surface area contributed by atoms with E-state index in [1.54, 1.807) is 13.3 Å². The molecule has 0 bridgehead atoms. The number of ether oxygens (including phenoxy) is 1. The molecule has 0 saturated carbocycles. The van der Waals surface area contributed by atoms with Gasteiger partial charge in [0.05, 0.1) is 12.5 Å². The summed E-state index contributed by atoms with van der Waals surface area (Å²) >= 11 is 0. The Labute approximate surface area is 85.5 Å². The SMILES string of the molecule is COc1ccc2c(c1)oc1ncncc12. The molecule has 2 heterocycles. The first kappa shape index (κ1) is 8.23. The van der Waals surface area contributed by atoms with Crippen LogP contribution in [0.1, 0.15) is 0 Å². The number of hydrogen-bond acceptors (Lipinski definition) is 4. The van der Waals surface area contributed by atoms with Crippen LogP contribution < -0.4 is 4.74 Å². The number of rotatable bonds is 1. The molecule has 3 aromatic rings. The summed E-state index contributed by atoms with van der Waals surface area (Å²) < 4.78 is 10.7. The fourth-order valence-corrected chi connectivity index (χ4v) is 1.63. The summed E-state index contributed by atoms with van der Waals surface area (Å²) in [4.78, 5) is 8.03. The van der Waals surface area contributed by atoms with E-state index in [1.807, 2.05) is 18.2 Å². The van der Waals surface area contributed by atoms with Gasteiger partial charge in [0.25, 0.3) is 0 Å². The lowest BCUT2D eigenvalue weighted by Gasteiger charge is -1.96. The first-order valence-electron chi connectivity index (χ1n) is 4.55. The van der Waals surface area contributed by atoms with Gasteiger partial charge in [0.2, 0.25) is 5.71 Å². The zero-order valence-corrected chi connectivity index (χ0v) is 8.10. The van der Waals surface area contributed by atoms with Crippen LogP contribution in [0.4, 0.5) is 0 Å². The van der Waals surface area contributed by atoms with Gasteiger partial charge in [0.1, 0.15) is 17.7 Å². The Hall–Kier alpha value is -2.10. The first-order chi connectivity index (χ1) is 7.38. The molecule has 3 rings (SSSR count). The monoisotopic (exact) mass is 200 g/mol. The molecule has 0 amide bonds. The highest BCUT2D eigenvalue weighted by Crippen LogP contribution is 2.29. The Balaban J connectivity index is 2.43. The normalized spacial score (nSPS) is 11.0. The van der Waals surface area contributed by atoms with Crippen molar-refractivity contribution in [3.8, 4) is 5.75 Å². The van der Waals surface area contributed by atoms with Gasteiger partial charge in [-0.2, -0.15) is 0 Å². The van der Waals surface area contributed by atoms with E-state index in [0.717, 1.165) is 22.1 Å². The zero-order chi connectivity index (χ0) is 10.3. The fourth-order valence-electron chi connectivity index (χ4n) is 1.63. The summed E-state index contributed by atoms with van der Waals surface area (Å²) in [7, 11) is 1.63. The molecule has 4 heteroatoms. The number of aromatic nitrogens is 2. The van der Waals surface area contributed by atoms with Crippen molar-refractivity contribution < 1.29 is 9.15 Å². The molecule has 0 saturated heterocycles. The predicted octanol–water partition coefficient (Wildman–Crippen LogP) is 2.38. The van der Waals surface area contributed by atoms with E-state index < -0.39 is 0 Å². The summed E-state index contributed by atoms with van der Waals surface area (Å²) in [5, 5.41) is 1.93. The summed E-state index contributed by atoms with van der Waals surface area (Å²) in [6.07, 6.45) is 3.22. The molecule has 4 nitrogen and oxygen atoms in total. The minimum Gasteiger partial charge on any atom is -0.497 e. The highest BCUT2D eigenvalue weighted by molar-refractivity contribution is 6.03. The van der Waals surface area contributed by atoms with E-state index in [9.17, 15) is 0 Å². The molecule has 0 aliphatic rings. The van der Waals surface area contributed by atoms with Crippen LogP contribution in [0.3, 0.4) is 0 Å². The van der Waals surface area contributed by atoms with Crippen LogP contribution in [0.5, 0.6) is 5.75 Å². The lowest BCUT2D eigenvalue weighted by atomic mass is 10.2. The second kappa shape index (κ2) is 2.95. The minimum atomic E-state index is 0.605. The van der Waals surface area contributed by atoms with Crippen LogP contribution in [-0.2, 0) is 0 Å². The molecule has 0 radical (unpaired) electrons. The van der Waals surface area contributed by atoms with Gasteiger partial charge in [-0.15, -0.1) is 0 Å². The molecule has 1 aromatic carbocycles. The second-order valence-corrected chi connectivity index (χ2v) is 3.21. The molecule has 0 atom stereocenters. The standard InChI is InChI=1S/C11H8N2O2/c1-14-7-2-3-8-9-5-12-6-13-11(9)15-10(8)4-7/h2-6H,1H3. The van der Waals surface area contributed by atoms with Crippen LogP contribution in [0.15, 0.2) is 35.1 Å². The van der Waals surface area contributed by atoms with Crippen molar-refractivity contribution in [3.63, 3.8) is 0 Å². The van der Waals surface area contributed by atoms with Gasteiger partial charge < -0.3 is 9.15 Å². The van der Waals surface area contributed by atoms with Gasteiger partial charge >= 0.3 is 0 Å². The van der Waals surface area contributed by atoms with Gasteiger partial charge in [-0.25, -0.2) is 9.97 Å². The number of methoxy groups -OCH3 is 1. The maximum Gasteiger partial charge on any atom is 0.230 e. The van der Waals surface area contributed by atoms with Crippen LogP contribution >= 0.6 is 0 Å². The molecule has 15 heavy (non-hydrogen) atoms. The number of benzene rings is 1. The van der Waals surface area contributed by atoms with Crippen LogP contribution in [-0.4, -0.2) is 17.1 Å². The maximum absolute atomic E-state index is 5.56. The molecule has 0 unspecified atom stereocenters. The first-order valence-corrected chi connectivity index (χ1v) is 4.55. The summed E-state index contributed by atoms with van der Waals surface area (Å²) in [6, 6.07) is 5.69. The van der Waals surface area contributed by atoms with Crippen molar-refractivity contribution in [3.05, 3.63) is 30.7 Å². The molecule has 0 aliphatic heterocycles. The largest absolute Gasteiger partial charge is 0.497 e. The molecule has 0 fully saturated rings. The molecule has 0 aliphatic carbocycles. The molecular weight excluding hydrogens is 192 g/mol. The van der Waals surface area contributed by atoms with Crippen molar-refractivity contribution in [2.75, 3.05) is 7.11 Å². The molecular formula is C11H8N2O2. The van der Waals surface area contributed by atoms with Crippen molar-refractivity contribution in [2.45, 2.75) is 0 Å². The third kappa shape index (κ3) is 1.15. The Morgan fingerprint density at radius 2 is 2.20 bits per heavy atom. The van der Waals surface area contributed by atoms with Crippen LogP contribution in [0.25, 0.3) is 22.1 Å². The lowest BCUT2D eigenvalue weighted by molar-refractivity contribution is 0.414. The smallest absolute Gasteiger partial charge is 0.230 e. The Morgan fingerprint density at radius 1 is 1.27 bits per heavy atom. The van der Waals surface area contributed by atoms with E-state index in [2.05, 4.69) is 9.97 Å². The second-order valence-electron chi connectivity index (χ2n) is 3.21. The summed E-state index contributed by atoms with van der Waals surface area (Å²) in [5.74, 6) is 0.773. The van der Waals surface area contributed by atoms with Gasteiger partial charge in [0, 0.05) is 17.6 Å². The lowest BCUT2D eigenvalue weighted by Crippen LogP contribution is -1.80. The van der Waals surface area contributed by atoms with E-state index in [-0.39, 0.29) is 0 Å². The van der Waals surface area contributed by atoms with Gasteiger partial charge in [-0.3, -0.25) is 0 Å². The molecule has 74 valence electrons. The number of furan rings is 1. The Bertz CT molecular complexity index is 631. The molecule has 0 N–H and O–H groups in total. The highest BCUT2D eigenvalue weighted by Gasteiger charge is 2.07. The minimum absolute atomic E-state index is 0.605. The Morgan fingerprint density at radius 3 is 3.07 bits per heavy atom. The van der Waals surface area contributed by atoms with Crippen molar-refractivity contribution in [1.29, 1.82) is 0 Å². The molecule has 2 aromatic heterocycles. The third-order valence-corrected chi connectivity index (χ3v) is 2.36. The van der Waals surface area contributed by atoms with Crippen LogP contribution in [0.2, 0.25) is 0 Å². The highest BCUT2D eigenvalue weighted by atomic mass is 16.5. The van der Waals surface area contributed by atoms with Crippen molar-refractivity contribution >= 4 is 22.1 Å². The number of nitrogens with zero attached hydrogens (tertiary/aromatic N) is 2. The van der Waals surface area contributed by atoms with Gasteiger partial charge in [-0.1, -0.05) is 0 Å².